The maximum atomic E-state index is 12.4. The first-order chi connectivity index (χ1) is 16.7. The number of aromatic nitrogens is 6. The molecule has 5 aromatic rings. The SMILES string of the molecule is Cc1nnc(SCC(=O)NCc2ccc(-n3cnc4ccccc43)nc2)n1Cc1ccccc1. The van der Waals surface area contributed by atoms with Crippen molar-refractivity contribution >= 4 is 28.7 Å². The van der Waals surface area contributed by atoms with Gasteiger partial charge in [-0.15, -0.1) is 10.2 Å². The second kappa shape index (κ2) is 9.88. The lowest BCUT2D eigenvalue weighted by atomic mass is 10.2. The maximum absolute atomic E-state index is 12.4. The summed E-state index contributed by atoms with van der Waals surface area (Å²) in [6.07, 6.45) is 3.54. The van der Waals surface area contributed by atoms with E-state index in [4.69, 9.17) is 0 Å². The van der Waals surface area contributed by atoms with E-state index < -0.39 is 0 Å². The van der Waals surface area contributed by atoms with E-state index in [1.165, 1.54) is 11.8 Å². The summed E-state index contributed by atoms with van der Waals surface area (Å²) in [6, 6.07) is 22.0. The van der Waals surface area contributed by atoms with Crippen molar-refractivity contribution in [1.29, 1.82) is 0 Å². The maximum Gasteiger partial charge on any atom is 0.230 e. The van der Waals surface area contributed by atoms with Gasteiger partial charge in [-0.05, 0) is 36.2 Å². The Morgan fingerprint density at radius 2 is 1.76 bits per heavy atom. The number of benzene rings is 2. The molecule has 0 unspecified atom stereocenters. The van der Waals surface area contributed by atoms with Crippen molar-refractivity contribution in [2.75, 3.05) is 5.75 Å². The van der Waals surface area contributed by atoms with Crippen molar-refractivity contribution < 1.29 is 4.79 Å². The predicted octanol–water partition coefficient (Wildman–Crippen LogP) is 3.78. The number of nitrogens with one attached hydrogen (secondary N) is 1. The Hall–Kier alpha value is -3.98. The zero-order valence-corrected chi connectivity index (χ0v) is 19.4. The van der Waals surface area contributed by atoms with E-state index in [2.05, 4.69) is 37.6 Å². The van der Waals surface area contributed by atoms with Crippen LogP contribution in [-0.4, -0.2) is 41.0 Å². The number of carbonyl (C=O) groups is 1. The number of hydrogen-bond acceptors (Lipinski definition) is 6. The summed E-state index contributed by atoms with van der Waals surface area (Å²) in [7, 11) is 0. The molecule has 9 heteroatoms. The van der Waals surface area contributed by atoms with Crippen molar-refractivity contribution in [3.05, 3.63) is 96.2 Å². The minimum absolute atomic E-state index is 0.0680. The van der Waals surface area contributed by atoms with E-state index in [-0.39, 0.29) is 11.7 Å². The van der Waals surface area contributed by atoms with Crippen molar-refractivity contribution in [2.45, 2.75) is 25.2 Å². The van der Waals surface area contributed by atoms with E-state index >= 15 is 0 Å². The molecule has 0 radical (unpaired) electrons. The highest BCUT2D eigenvalue weighted by Crippen LogP contribution is 2.19. The summed E-state index contributed by atoms with van der Waals surface area (Å²) < 4.78 is 3.97. The highest BCUT2D eigenvalue weighted by molar-refractivity contribution is 7.99. The van der Waals surface area contributed by atoms with Crippen LogP contribution in [0.1, 0.15) is 17.0 Å². The third-order valence-corrected chi connectivity index (χ3v) is 6.38. The second-order valence-corrected chi connectivity index (χ2v) is 8.74. The van der Waals surface area contributed by atoms with Crippen molar-refractivity contribution in [2.24, 2.45) is 0 Å². The first-order valence-corrected chi connectivity index (χ1v) is 11.9. The number of amides is 1. The van der Waals surface area contributed by atoms with Crippen LogP contribution in [0.25, 0.3) is 16.9 Å². The molecule has 3 heterocycles. The third-order valence-electron chi connectivity index (χ3n) is 5.42. The summed E-state index contributed by atoms with van der Waals surface area (Å²) in [6.45, 7) is 3.00. The van der Waals surface area contributed by atoms with E-state index in [9.17, 15) is 4.79 Å². The molecule has 0 spiro atoms. The molecule has 0 saturated heterocycles. The number of nitrogens with zero attached hydrogens (tertiary/aromatic N) is 6. The van der Waals surface area contributed by atoms with Crippen molar-refractivity contribution in [1.82, 2.24) is 34.6 Å². The summed E-state index contributed by atoms with van der Waals surface area (Å²) in [4.78, 5) is 21.4. The van der Waals surface area contributed by atoms with Gasteiger partial charge in [-0.3, -0.25) is 9.36 Å². The van der Waals surface area contributed by atoms with Gasteiger partial charge >= 0.3 is 0 Å². The van der Waals surface area contributed by atoms with Crippen LogP contribution in [-0.2, 0) is 17.9 Å². The molecule has 2 aromatic carbocycles. The minimum atomic E-state index is -0.0680. The van der Waals surface area contributed by atoms with Gasteiger partial charge in [0, 0.05) is 12.7 Å². The fraction of sp³-hybridized carbons (Fsp3) is 0.160. The molecule has 0 atom stereocenters. The summed E-state index contributed by atoms with van der Waals surface area (Å²) in [5.74, 6) is 1.80. The molecule has 0 bridgehead atoms. The normalized spacial score (nSPS) is 11.1. The second-order valence-electron chi connectivity index (χ2n) is 7.79. The number of para-hydroxylation sites is 2. The van der Waals surface area contributed by atoms with Gasteiger partial charge in [-0.25, -0.2) is 9.97 Å². The molecule has 0 aliphatic heterocycles. The molecule has 5 rings (SSSR count). The Bertz CT molecular complexity index is 1410. The Kier molecular flexibility index (Phi) is 6.35. The molecule has 1 N–H and O–H groups in total. The number of carbonyl (C=O) groups excluding carboxylic acids is 1. The van der Waals surface area contributed by atoms with Crippen LogP contribution in [0.5, 0.6) is 0 Å². The number of pyridine rings is 1. The standard InChI is InChI=1S/C25H23N7OS/c1-18-29-30-25(31(18)15-19-7-3-2-4-8-19)34-16-24(33)27-14-20-11-12-23(26-13-20)32-17-28-21-9-5-6-10-22(21)32/h2-13,17H,14-16H2,1H3,(H,27,33). The minimum Gasteiger partial charge on any atom is -0.351 e. The fourth-order valence-corrected chi connectivity index (χ4v) is 4.42. The molecule has 1 amide bonds. The van der Waals surface area contributed by atoms with Gasteiger partial charge in [0.15, 0.2) is 5.16 Å². The lowest BCUT2D eigenvalue weighted by molar-refractivity contribution is -0.118. The van der Waals surface area contributed by atoms with E-state index in [1.54, 1.807) is 12.5 Å². The molecular weight excluding hydrogens is 446 g/mol. The van der Waals surface area contributed by atoms with Gasteiger partial charge < -0.3 is 9.88 Å². The number of hydrogen-bond donors (Lipinski definition) is 1. The molecule has 0 fully saturated rings. The van der Waals surface area contributed by atoms with E-state index in [0.717, 1.165) is 39.0 Å². The topological polar surface area (TPSA) is 90.5 Å². The van der Waals surface area contributed by atoms with Crippen LogP contribution in [0.2, 0.25) is 0 Å². The molecule has 3 aromatic heterocycles. The number of fused-ring (bicyclic) bond motifs is 1. The first-order valence-electron chi connectivity index (χ1n) is 10.9. The summed E-state index contributed by atoms with van der Waals surface area (Å²) in [5.41, 5.74) is 4.02. The smallest absolute Gasteiger partial charge is 0.230 e. The highest BCUT2D eigenvalue weighted by Gasteiger charge is 2.12. The summed E-state index contributed by atoms with van der Waals surface area (Å²) >= 11 is 1.38. The Morgan fingerprint density at radius 1 is 0.941 bits per heavy atom. The molecule has 170 valence electrons. The molecule has 0 aliphatic carbocycles. The molecule has 0 saturated carbocycles. The van der Waals surface area contributed by atoms with Gasteiger partial charge in [0.2, 0.25) is 5.91 Å². The average molecular weight is 470 g/mol. The lowest BCUT2D eigenvalue weighted by Crippen LogP contribution is -2.24. The Balaban J connectivity index is 1.16. The zero-order valence-electron chi connectivity index (χ0n) is 18.6. The number of thioether (sulfide) groups is 1. The zero-order chi connectivity index (χ0) is 23.3. The molecular formula is C25H23N7OS. The number of aryl methyl sites for hydroxylation is 1. The van der Waals surface area contributed by atoms with Crippen LogP contribution in [0, 0.1) is 6.92 Å². The van der Waals surface area contributed by atoms with Gasteiger partial charge in [0.05, 0.1) is 23.3 Å². The summed E-state index contributed by atoms with van der Waals surface area (Å²) in [5, 5.41) is 12.1. The van der Waals surface area contributed by atoms with E-state index in [0.29, 0.717) is 13.1 Å². The monoisotopic (exact) mass is 469 g/mol. The molecule has 8 nitrogen and oxygen atoms in total. The highest BCUT2D eigenvalue weighted by atomic mass is 32.2. The predicted molar refractivity (Wildman–Crippen MR) is 132 cm³/mol. The van der Waals surface area contributed by atoms with Crippen LogP contribution >= 0.6 is 11.8 Å². The number of imidazole rings is 1. The first kappa shape index (κ1) is 21.8. The Morgan fingerprint density at radius 3 is 2.59 bits per heavy atom. The number of rotatable bonds is 8. The van der Waals surface area contributed by atoms with Crippen molar-refractivity contribution in [3.63, 3.8) is 0 Å². The quantitative estimate of drug-likeness (QED) is 0.348. The fourth-order valence-electron chi connectivity index (χ4n) is 3.60. The van der Waals surface area contributed by atoms with Crippen LogP contribution in [0.3, 0.4) is 0 Å². The van der Waals surface area contributed by atoms with Crippen LogP contribution in [0.15, 0.2) is 84.4 Å². The van der Waals surface area contributed by atoms with Gasteiger partial charge in [-0.1, -0.05) is 60.3 Å². The third kappa shape index (κ3) is 4.84. The van der Waals surface area contributed by atoms with Crippen LogP contribution < -0.4 is 5.32 Å². The van der Waals surface area contributed by atoms with E-state index in [1.807, 2.05) is 70.7 Å². The Labute approximate surface area is 201 Å². The molecule has 34 heavy (non-hydrogen) atoms. The van der Waals surface area contributed by atoms with Gasteiger partial charge in [-0.2, -0.15) is 0 Å². The van der Waals surface area contributed by atoms with Crippen molar-refractivity contribution in [3.8, 4) is 5.82 Å². The average Bonchev–Trinajstić information content (AvgIpc) is 3.46. The van der Waals surface area contributed by atoms with Gasteiger partial charge in [0.25, 0.3) is 0 Å². The molecule has 0 aliphatic rings. The van der Waals surface area contributed by atoms with Crippen LogP contribution in [0.4, 0.5) is 0 Å². The lowest BCUT2D eigenvalue weighted by Gasteiger charge is -2.09. The van der Waals surface area contributed by atoms with Gasteiger partial charge in [0.1, 0.15) is 18.0 Å². The largest absolute Gasteiger partial charge is 0.351 e.